The van der Waals surface area contributed by atoms with Crippen LogP contribution in [0.4, 0.5) is 4.39 Å². The maximum atomic E-state index is 13.4. The van der Waals surface area contributed by atoms with Crippen LogP contribution < -0.4 is 0 Å². The fourth-order valence-corrected chi connectivity index (χ4v) is 1.45. The van der Waals surface area contributed by atoms with Gasteiger partial charge in [0.05, 0.1) is 5.92 Å². The van der Waals surface area contributed by atoms with Gasteiger partial charge in [-0.15, -0.1) is 0 Å². The summed E-state index contributed by atoms with van der Waals surface area (Å²) in [6.07, 6.45) is 0.154. The smallest absolute Gasteiger partial charge is 0.306 e. The van der Waals surface area contributed by atoms with E-state index in [0.29, 0.717) is 16.1 Å². The minimum absolute atomic E-state index is 0.154. The van der Waals surface area contributed by atoms with Crippen molar-refractivity contribution >= 4 is 17.6 Å². The Hall–Kier alpha value is -1.09. The highest BCUT2D eigenvalue weighted by Crippen LogP contribution is 2.22. The molecule has 0 heterocycles. The van der Waals surface area contributed by atoms with Gasteiger partial charge in [-0.3, -0.25) is 4.79 Å². The van der Waals surface area contributed by atoms with E-state index in [1.807, 2.05) is 0 Å². The van der Waals surface area contributed by atoms with E-state index in [4.69, 9.17) is 16.7 Å². The number of benzene rings is 1. The Labute approximate surface area is 92.7 Å². The molecule has 0 saturated heterocycles. The topological polar surface area (TPSA) is 37.3 Å². The molecule has 1 rings (SSSR count). The SMILES string of the molecule is Cc1cc(F)c(CC(C)C(=O)O)cc1Cl. The van der Waals surface area contributed by atoms with Crippen LogP contribution >= 0.6 is 11.6 Å². The van der Waals surface area contributed by atoms with Gasteiger partial charge in [0.15, 0.2) is 0 Å². The highest BCUT2D eigenvalue weighted by atomic mass is 35.5. The van der Waals surface area contributed by atoms with E-state index in [0.717, 1.165) is 0 Å². The van der Waals surface area contributed by atoms with Crippen molar-refractivity contribution in [2.75, 3.05) is 0 Å². The van der Waals surface area contributed by atoms with Crippen LogP contribution in [0.25, 0.3) is 0 Å². The second kappa shape index (κ2) is 4.62. The lowest BCUT2D eigenvalue weighted by Gasteiger charge is -2.09. The molecule has 1 N–H and O–H groups in total. The van der Waals surface area contributed by atoms with Crippen molar-refractivity contribution in [2.24, 2.45) is 5.92 Å². The van der Waals surface area contributed by atoms with E-state index in [9.17, 15) is 9.18 Å². The largest absolute Gasteiger partial charge is 0.481 e. The van der Waals surface area contributed by atoms with Crippen LogP contribution in [-0.4, -0.2) is 11.1 Å². The summed E-state index contributed by atoms with van der Waals surface area (Å²) >= 11 is 5.83. The van der Waals surface area contributed by atoms with Gasteiger partial charge < -0.3 is 5.11 Å². The van der Waals surface area contributed by atoms with Crippen LogP contribution in [0.2, 0.25) is 5.02 Å². The fraction of sp³-hybridized carbons (Fsp3) is 0.364. The molecule has 2 nitrogen and oxygen atoms in total. The Kier molecular flexibility index (Phi) is 3.69. The van der Waals surface area contributed by atoms with Gasteiger partial charge in [0.2, 0.25) is 0 Å². The molecular weight excluding hydrogens is 219 g/mol. The zero-order valence-electron chi connectivity index (χ0n) is 8.55. The molecule has 0 aromatic heterocycles. The maximum Gasteiger partial charge on any atom is 0.306 e. The second-order valence-corrected chi connectivity index (χ2v) is 4.04. The Balaban J connectivity index is 2.95. The highest BCUT2D eigenvalue weighted by Gasteiger charge is 2.15. The molecule has 0 aliphatic rings. The van der Waals surface area contributed by atoms with Gasteiger partial charge in [0.25, 0.3) is 0 Å². The predicted octanol–water partition coefficient (Wildman–Crippen LogP) is 3.05. The van der Waals surface area contributed by atoms with Crippen molar-refractivity contribution in [2.45, 2.75) is 20.3 Å². The van der Waals surface area contributed by atoms with E-state index in [1.165, 1.54) is 19.1 Å². The van der Waals surface area contributed by atoms with Crippen LogP contribution in [-0.2, 0) is 11.2 Å². The Morgan fingerprint density at radius 3 is 2.73 bits per heavy atom. The Bertz CT molecular complexity index is 390. The van der Waals surface area contributed by atoms with Crippen molar-refractivity contribution in [1.82, 2.24) is 0 Å². The lowest BCUT2D eigenvalue weighted by atomic mass is 10.00. The number of halogens is 2. The van der Waals surface area contributed by atoms with E-state index < -0.39 is 17.7 Å². The summed E-state index contributed by atoms with van der Waals surface area (Å²) < 4.78 is 13.4. The summed E-state index contributed by atoms with van der Waals surface area (Å²) in [7, 11) is 0. The molecule has 1 atom stereocenters. The first kappa shape index (κ1) is 12.0. The Morgan fingerprint density at radius 1 is 1.60 bits per heavy atom. The Morgan fingerprint density at radius 2 is 2.20 bits per heavy atom. The lowest BCUT2D eigenvalue weighted by molar-refractivity contribution is -0.141. The molecule has 0 aliphatic carbocycles. The summed E-state index contributed by atoms with van der Waals surface area (Å²) in [5.74, 6) is -1.95. The van der Waals surface area contributed by atoms with Gasteiger partial charge in [-0.1, -0.05) is 18.5 Å². The maximum absolute atomic E-state index is 13.4. The molecule has 1 unspecified atom stereocenters. The number of carbonyl (C=O) groups is 1. The molecule has 0 spiro atoms. The summed E-state index contributed by atoms with van der Waals surface area (Å²) in [6.45, 7) is 3.24. The van der Waals surface area contributed by atoms with Gasteiger partial charge >= 0.3 is 5.97 Å². The lowest BCUT2D eigenvalue weighted by Crippen LogP contribution is -2.13. The van der Waals surface area contributed by atoms with Crippen molar-refractivity contribution in [3.05, 3.63) is 34.1 Å². The summed E-state index contributed by atoms with van der Waals surface area (Å²) in [4.78, 5) is 10.6. The second-order valence-electron chi connectivity index (χ2n) is 3.64. The number of aryl methyl sites for hydroxylation is 1. The molecule has 0 fully saturated rings. The van der Waals surface area contributed by atoms with Crippen molar-refractivity contribution in [1.29, 1.82) is 0 Å². The number of aliphatic carboxylic acids is 1. The minimum atomic E-state index is -0.939. The first-order valence-electron chi connectivity index (χ1n) is 4.59. The van der Waals surface area contributed by atoms with Crippen LogP contribution in [0.1, 0.15) is 18.1 Å². The minimum Gasteiger partial charge on any atom is -0.481 e. The average molecular weight is 231 g/mol. The van der Waals surface area contributed by atoms with E-state index >= 15 is 0 Å². The molecule has 0 saturated carbocycles. The number of carboxylic acids is 1. The molecule has 15 heavy (non-hydrogen) atoms. The van der Waals surface area contributed by atoms with Crippen LogP contribution in [0.3, 0.4) is 0 Å². The van der Waals surface area contributed by atoms with E-state index in [1.54, 1.807) is 6.92 Å². The van der Waals surface area contributed by atoms with E-state index in [-0.39, 0.29) is 6.42 Å². The first-order chi connectivity index (χ1) is 6.91. The number of rotatable bonds is 3. The average Bonchev–Trinajstić information content (AvgIpc) is 2.13. The molecule has 1 aromatic rings. The molecule has 1 aromatic carbocycles. The summed E-state index contributed by atoms with van der Waals surface area (Å²) in [6, 6.07) is 2.82. The van der Waals surface area contributed by atoms with Crippen molar-refractivity contribution < 1.29 is 14.3 Å². The van der Waals surface area contributed by atoms with Crippen LogP contribution in [0.5, 0.6) is 0 Å². The van der Waals surface area contributed by atoms with Gasteiger partial charge in [-0.05, 0) is 36.6 Å². The zero-order chi connectivity index (χ0) is 11.6. The predicted molar refractivity (Wildman–Crippen MR) is 56.7 cm³/mol. The van der Waals surface area contributed by atoms with Gasteiger partial charge in [-0.2, -0.15) is 0 Å². The summed E-state index contributed by atoms with van der Waals surface area (Å²) in [5, 5.41) is 9.16. The molecule has 4 heteroatoms. The number of carboxylic acid groups (broad SMARTS) is 1. The number of hydrogen-bond acceptors (Lipinski definition) is 1. The molecule has 0 radical (unpaired) electrons. The molecule has 0 bridgehead atoms. The van der Waals surface area contributed by atoms with Crippen LogP contribution in [0.15, 0.2) is 12.1 Å². The van der Waals surface area contributed by atoms with Gasteiger partial charge in [0, 0.05) is 5.02 Å². The normalized spacial score (nSPS) is 12.5. The molecular formula is C11H12ClFO2. The monoisotopic (exact) mass is 230 g/mol. The number of hydrogen-bond donors (Lipinski definition) is 1. The van der Waals surface area contributed by atoms with Gasteiger partial charge in [0.1, 0.15) is 5.82 Å². The standard InChI is InChI=1S/C11H12ClFO2/c1-6-4-10(13)8(5-9(6)12)3-7(2)11(14)15/h4-5,7H,3H2,1-2H3,(H,14,15). The highest BCUT2D eigenvalue weighted by molar-refractivity contribution is 6.31. The van der Waals surface area contributed by atoms with Crippen LogP contribution in [0, 0.1) is 18.7 Å². The zero-order valence-corrected chi connectivity index (χ0v) is 9.31. The molecule has 0 aliphatic heterocycles. The van der Waals surface area contributed by atoms with Gasteiger partial charge in [-0.25, -0.2) is 4.39 Å². The molecule has 82 valence electrons. The third-order valence-electron chi connectivity index (χ3n) is 2.28. The van der Waals surface area contributed by atoms with Crippen molar-refractivity contribution in [3.63, 3.8) is 0 Å². The first-order valence-corrected chi connectivity index (χ1v) is 4.97. The van der Waals surface area contributed by atoms with E-state index in [2.05, 4.69) is 0 Å². The molecule has 0 amide bonds. The third kappa shape index (κ3) is 2.93. The summed E-state index contributed by atoms with van der Waals surface area (Å²) in [5.41, 5.74) is 1.00. The quantitative estimate of drug-likeness (QED) is 0.867. The fourth-order valence-electron chi connectivity index (χ4n) is 1.26. The van der Waals surface area contributed by atoms with Crippen molar-refractivity contribution in [3.8, 4) is 0 Å². The third-order valence-corrected chi connectivity index (χ3v) is 2.68.